The topological polar surface area (TPSA) is 21.3 Å². The zero-order chi connectivity index (χ0) is 9.26. The van der Waals surface area contributed by atoms with Gasteiger partial charge in [-0.25, -0.2) is 0 Å². The molecule has 1 aliphatic heterocycles. The third-order valence-corrected chi connectivity index (χ3v) is 3.73. The minimum atomic E-state index is 0.487. The minimum Gasteiger partial charge on any atom is -0.378 e. The van der Waals surface area contributed by atoms with E-state index in [2.05, 4.69) is 19.3 Å². The van der Waals surface area contributed by atoms with Crippen molar-refractivity contribution in [2.24, 2.45) is 11.8 Å². The Balaban J connectivity index is 1.88. The number of hydrogen-bond donors (Lipinski definition) is 1. The molecule has 1 saturated heterocycles. The van der Waals surface area contributed by atoms with Crippen molar-refractivity contribution in [3.05, 3.63) is 0 Å². The third-order valence-electron chi connectivity index (χ3n) is 3.73. The van der Waals surface area contributed by atoms with E-state index >= 15 is 0 Å². The molecule has 0 amide bonds. The molecule has 1 heterocycles. The molecule has 1 saturated carbocycles. The van der Waals surface area contributed by atoms with Gasteiger partial charge in [0.2, 0.25) is 0 Å². The van der Waals surface area contributed by atoms with Crippen LogP contribution in [0.2, 0.25) is 0 Å². The third kappa shape index (κ3) is 1.89. The summed E-state index contributed by atoms with van der Waals surface area (Å²) in [5, 5.41) is 3.49. The predicted molar refractivity (Wildman–Crippen MR) is 53.7 cm³/mol. The number of hydrogen-bond acceptors (Lipinski definition) is 2. The molecule has 0 spiro atoms. The van der Waals surface area contributed by atoms with Crippen molar-refractivity contribution in [2.75, 3.05) is 13.7 Å². The molecule has 0 aromatic rings. The normalized spacial score (nSPS) is 37.4. The lowest BCUT2D eigenvalue weighted by molar-refractivity contribution is 0.108. The van der Waals surface area contributed by atoms with Gasteiger partial charge in [0.25, 0.3) is 0 Å². The lowest BCUT2D eigenvalue weighted by atomic mass is 9.74. The summed E-state index contributed by atoms with van der Waals surface area (Å²) in [6, 6.07) is 0.721. The second kappa shape index (κ2) is 3.97. The van der Waals surface area contributed by atoms with Gasteiger partial charge < -0.3 is 10.1 Å². The highest BCUT2D eigenvalue weighted by Crippen LogP contribution is 2.36. The molecule has 0 bridgehead atoms. The van der Waals surface area contributed by atoms with Crippen LogP contribution < -0.4 is 5.32 Å². The molecule has 1 aliphatic carbocycles. The van der Waals surface area contributed by atoms with Gasteiger partial charge in [0.15, 0.2) is 0 Å². The highest BCUT2D eigenvalue weighted by atomic mass is 16.5. The van der Waals surface area contributed by atoms with Gasteiger partial charge in [-0.05, 0) is 39.2 Å². The fourth-order valence-corrected chi connectivity index (χ4v) is 2.76. The SMILES string of the molecule is CNC(C1CCC1)C1COC(C)C1. The fraction of sp³-hybridized carbons (Fsp3) is 1.00. The summed E-state index contributed by atoms with van der Waals surface area (Å²) in [5.74, 6) is 1.70. The Bertz CT molecular complexity index is 167. The van der Waals surface area contributed by atoms with Gasteiger partial charge in [-0.3, -0.25) is 0 Å². The van der Waals surface area contributed by atoms with Gasteiger partial charge in [0.1, 0.15) is 0 Å². The Morgan fingerprint density at radius 3 is 2.46 bits per heavy atom. The van der Waals surface area contributed by atoms with Crippen LogP contribution in [-0.2, 0) is 4.74 Å². The summed E-state index contributed by atoms with van der Waals surface area (Å²) in [6.07, 6.45) is 6.03. The molecule has 2 aliphatic rings. The molecular weight excluding hydrogens is 162 g/mol. The summed E-state index contributed by atoms with van der Waals surface area (Å²) in [5.41, 5.74) is 0. The van der Waals surface area contributed by atoms with Gasteiger partial charge in [0, 0.05) is 12.0 Å². The Kier molecular flexibility index (Phi) is 2.89. The molecular formula is C11H21NO. The fourth-order valence-electron chi connectivity index (χ4n) is 2.76. The highest BCUT2D eigenvalue weighted by molar-refractivity contribution is 4.89. The molecule has 0 aromatic carbocycles. The summed E-state index contributed by atoms with van der Waals surface area (Å²) < 4.78 is 5.63. The van der Waals surface area contributed by atoms with Gasteiger partial charge in [-0.15, -0.1) is 0 Å². The van der Waals surface area contributed by atoms with E-state index < -0.39 is 0 Å². The molecule has 2 nitrogen and oxygen atoms in total. The molecule has 1 N–H and O–H groups in total. The minimum absolute atomic E-state index is 0.487. The molecule has 13 heavy (non-hydrogen) atoms. The summed E-state index contributed by atoms with van der Waals surface area (Å²) in [7, 11) is 2.10. The first-order chi connectivity index (χ1) is 6.31. The van der Waals surface area contributed by atoms with Gasteiger partial charge in [0.05, 0.1) is 12.7 Å². The maximum atomic E-state index is 5.63. The Labute approximate surface area is 81.0 Å². The van der Waals surface area contributed by atoms with E-state index in [1.807, 2.05) is 0 Å². The van der Waals surface area contributed by atoms with E-state index in [0.717, 1.165) is 24.5 Å². The van der Waals surface area contributed by atoms with Crippen molar-refractivity contribution in [3.63, 3.8) is 0 Å². The maximum absolute atomic E-state index is 5.63. The van der Waals surface area contributed by atoms with Crippen LogP contribution in [0.4, 0.5) is 0 Å². The lowest BCUT2D eigenvalue weighted by Gasteiger charge is -2.36. The van der Waals surface area contributed by atoms with E-state index in [9.17, 15) is 0 Å². The monoisotopic (exact) mass is 183 g/mol. The summed E-state index contributed by atoms with van der Waals surface area (Å²) in [4.78, 5) is 0. The van der Waals surface area contributed by atoms with Crippen molar-refractivity contribution >= 4 is 0 Å². The second-order valence-corrected chi connectivity index (χ2v) is 4.65. The number of ether oxygens (including phenoxy) is 1. The average Bonchev–Trinajstić information content (AvgIpc) is 2.43. The zero-order valence-corrected chi connectivity index (χ0v) is 8.75. The molecule has 0 aromatic heterocycles. The van der Waals surface area contributed by atoms with Crippen LogP contribution >= 0.6 is 0 Å². The standard InChI is InChI=1S/C11H21NO/c1-8-6-10(7-13-8)11(12-2)9-4-3-5-9/h8-12H,3-7H2,1-2H3. The van der Waals surface area contributed by atoms with Crippen molar-refractivity contribution in [1.82, 2.24) is 5.32 Å². The van der Waals surface area contributed by atoms with E-state index in [1.54, 1.807) is 0 Å². The summed E-state index contributed by atoms with van der Waals surface area (Å²) in [6.45, 7) is 3.16. The average molecular weight is 183 g/mol. The van der Waals surface area contributed by atoms with E-state index in [0.29, 0.717) is 6.10 Å². The summed E-state index contributed by atoms with van der Waals surface area (Å²) >= 11 is 0. The first-order valence-corrected chi connectivity index (χ1v) is 5.60. The largest absolute Gasteiger partial charge is 0.378 e. The second-order valence-electron chi connectivity index (χ2n) is 4.65. The van der Waals surface area contributed by atoms with Gasteiger partial charge in [-0.2, -0.15) is 0 Å². The van der Waals surface area contributed by atoms with E-state index in [4.69, 9.17) is 4.74 Å². The molecule has 3 atom stereocenters. The number of nitrogens with one attached hydrogen (secondary N) is 1. The van der Waals surface area contributed by atoms with Crippen LogP contribution in [0.5, 0.6) is 0 Å². The van der Waals surface area contributed by atoms with Crippen molar-refractivity contribution < 1.29 is 4.74 Å². The smallest absolute Gasteiger partial charge is 0.0551 e. The quantitative estimate of drug-likeness (QED) is 0.720. The van der Waals surface area contributed by atoms with E-state index in [1.165, 1.54) is 25.7 Å². The molecule has 2 rings (SSSR count). The molecule has 2 heteroatoms. The zero-order valence-electron chi connectivity index (χ0n) is 8.75. The highest BCUT2D eigenvalue weighted by Gasteiger charge is 2.35. The predicted octanol–water partition coefficient (Wildman–Crippen LogP) is 1.80. The maximum Gasteiger partial charge on any atom is 0.0551 e. The first-order valence-electron chi connectivity index (χ1n) is 5.60. The lowest BCUT2D eigenvalue weighted by Crippen LogP contribution is -2.43. The van der Waals surface area contributed by atoms with E-state index in [-0.39, 0.29) is 0 Å². The first kappa shape index (κ1) is 9.47. The van der Waals surface area contributed by atoms with Crippen LogP contribution in [0.3, 0.4) is 0 Å². The van der Waals surface area contributed by atoms with Crippen molar-refractivity contribution in [2.45, 2.75) is 44.8 Å². The molecule has 3 unspecified atom stereocenters. The Morgan fingerprint density at radius 1 is 1.31 bits per heavy atom. The van der Waals surface area contributed by atoms with Gasteiger partial charge >= 0.3 is 0 Å². The van der Waals surface area contributed by atoms with Gasteiger partial charge in [-0.1, -0.05) is 6.42 Å². The molecule has 76 valence electrons. The van der Waals surface area contributed by atoms with Crippen LogP contribution in [0.25, 0.3) is 0 Å². The van der Waals surface area contributed by atoms with Crippen molar-refractivity contribution in [1.29, 1.82) is 0 Å². The van der Waals surface area contributed by atoms with Crippen LogP contribution in [0, 0.1) is 11.8 Å². The van der Waals surface area contributed by atoms with Crippen molar-refractivity contribution in [3.8, 4) is 0 Å². The van der Waals surface area contributed by atoms with Crippen LogP contribution in [0.1, 0.15) is 32.6 Å². The van der Waals surface area contributed by atoms with Crippen LogP contribution in [-0.4, -0.2) is 25.8 Å². The van der Waals surface area contributed by atoms with Crippen LogP contribution in [0.15, 0.2) is 0 Å². The Hall–Kier alpha value is -0.0800. The molecule has 2 fully saturated rings. The molecule has 0 radical (unpaired) electrons. The number of rotatable bonds is 3. The Morgan fingerprint density at radius 2 is 2.08 bits per heavy atom.